The molecule has 6 heteroatoms. The Morgan fingerprint density at radius 3 is 2.25 bits per heavy atom. The second-order valence-corrected chi connectivity index (χ2v) is 3.06. The number of alkyl halides is 3. The summed E-state index contributed by atoms with van der Waals surface area (Å²) in [4.78, 5) is 0. The van der Waals surface area contributed by atoms with E-state index >= 15 is 0 Å². The summed E-state index contributed by atoms with van der Waals surface area (Å²) in [5.74, 6) is 0.375. The van der Waals surface area contributed by atoms with Crippen LogP contribution in [-0.2, 0) is 4.74 Å². The molecule has 0 aromatic heterocycles. The predicted molar refractivity (Wildman–Crippen MR) is 50.0 cm³/mol. The SMILES string of the molecule is COCOc1ccc(C(O)C(F)(F)F)cc1. The van der Waals surface area contributed by atoms with Crippen LogP contribution in [0.25, 0.3) is 0 Å². The molecular weight excluding hydrogens is 225 g/mol. The molecule has 0 aliphatic rings. The molecule has 16 heavy (non-hydrogen) atoms. The molecule has 0 spiro atoms. The fourth-order valence-electron chi connectivity index (χ4n) is 1.06. The Kier molecular flexibility index (Phi) is 4.14. The molecule has 0 heterocycles. The third-order valence-corrected chi connectivity index (χ3v) is 1.85. The van der Waals surface area contributed by atoms with Gasteiger partial charge in [0.2, 0.25) is 0 Å². The standard InChI is InChI=1S/C10H11F3O3/c1-15-6-16-8-4-2-7(3-5-8)9(14)10(11,12)13/h2-5,9,14H,6H2,1H3. The van der Waals surface area contributed by atoms with E-state index in [-0.39, 0.29) is 12.4 Å². The zero-order chi connectivity index (χ0) is 12.2. The lowest BCUT2D eigenvalue weighted by molar-refractivity contribution is -0.206. The molecule has 1 aromatic rings. The van der Waals surface area contributed by atoms with E-state index in [9.17, 15) is 13.2 Å². The van der Waals surface area contributed by atoms with E-state index < -0.39 is 12.3 Å². The van der Waals surface area contributed by atoms with Gasteiger partial charge in [-0.3, -0.25) is 0 Å². The normalized spacial score (nSPS) is 13.6. The first kappa shape index (κ1) is 12.8. The summed E-state index contributed by atoms with van der Waals surface area (Å²) in [7, 11) is 1.43. The summed E-state index contributed by atoms with van der Waals surface area (Å²) in [6, 6.07) is 4.99. The highest BCUT2D eigenvalue weighted by Gasteiger charge is 2.39. The van der Waals surface area contributed by atoms with Crippen molar-refractivity contribution in [3.8, 4) is 5.75 Å². The summed E-state index contributed by atoms with van der Waals surface area (Å²) < 4.78 is 46.0. The van der Waals surface area contributed by atoms with Crippen LogP contribution in [0.1, 0.15) is 11.7 Å². The lowest BCUT2D eigenvalue weighted by atomic mass is 10.1. The van der Waals surface area contributed by atoms with Crippen LogP contribution in [0.15, 0.2) is 24.3 Å². The van der Waals surface area contributed by atoms with Gasteiger partial charge in [0.1, 0.15) is 5.75 Å². The molecule has 0 saturated carbocycles. The highest BCUT2D eigenvalue weighted by molar-refractivity contribution is 5.29. The van der Waals surface area contributed by atoms with Crippen LogP contribution in [0, 0.1) is 0 Å². The van der Waals surface area contributed by atoms with Gasteiger partial charge in [-0.2, -0.15) is 13.2 Å². The number of rotatable bonds is 4. The number of methoxy groups -OCH3 is 1. The number of benzene rings is 1. The Balaban J connectivity index is 2.71. The van der Waals surface area contributed by atoms with E-state index in [0.29, 0.717) is 5.75 Å². The van der Waals surface area contributed by atoms with Gasteiger partial charge < -0.3 is 14.6 Å². The number of aliphatic hydroxyl groups is 1. The molecule has 1 N–H and O–H groups in total. The Bertz CT molecular complexity index is 321. The minimum absolute atomic E-state index is 0.0151. The van der Waals surface area contributed by atoms with Crippen molar-refractivity contribution in [1.29, 1.82) is 0 Å². The average molecular weight is 236 g/mol. The highest BCUT2D eigenvalue weighted by Crippen LogP contribution is 2.32. The number of hydrogen-bond acceptors (Lipinski definition) is 3. The van der Waals surface area contributed by atoms with E-state index in [1.165, 1.54) is 19.2 Å². The van der Waals surface area contributed by atoms with Crippen molar-refractivity contribution in [2.24, 2.45) is 0 Å². The maximum atomic E-state index is 12.1. The lowest BCUT2D eigenvalue weighted by Crippen LogP contribution is -2.20. The van der Waals surface area contributed by atoms with Crippen molar-refractivity contribution in [2.75, 3.05) is 13.9 Å². The summed E-state index contributed by atoms with van der Waals surface area (Å²) in [6.45, 7) is 0.0151. The fraction of sp³-hybridized carbons (Fsp3) is 0.400. The van der Waals surface area contributed by atoms with E-state index in [0.717, 1.165) is 12.1 Å². The highest BCUT2D eigenvalue weighted by atomic mass is 19.4. The molecule has 0 aliphatic carbocycles. The van der Waals surface area contributed by atoms with Crippen molar-refractivity contribution in [1.82, 2.24) is 0 Å². The molecule has 3 nitrogen and oxygen atoms in total. The maximum absolute atomic E-state index is 12.1. The molecule has 0 amide bonds. The maximum Gasteiger partial charge on any atom is 0.418 e. The van der Waals surface area contributed by atoms with Gasteiger partial charge in [0.05, 0.1) is 0 Å². The summed E-state index contributed by atoms with van der Waals surface area (Å²) >= 11 is 0. The largest absolute Gasteiger partial charge is 0.468 e. The first-order valence-corrected chi connectivity index (χ1v) is 4.41. The third-order valence-electron chi connectivity index (χ3n) is 1.85. The van der Waals surface area contributed by atoms with Gasteiger partial charge in [-0.25, -0.2) is 0 Å². The molecule has 0 saturated heterocycles. The van der Waals surface area contributed by atoms with E-state index in [1.807, 2.05) is 0 Å². The second-order valence-electron chi connectivity index (χ2n) is 3.06. The van der Waals surface area contributed by atoms with Gasteiger partial charge >= 0.3 is 6.18 Å². The molecule has 1 rings (SSSR count). The van der Waals surface area contributed by atoms with Gasteiger partial charge in [0, 0.05) is 7.11 Å². The molecule has 0 bridgehead atoms. The van der Waals surface area contributed by atoms with Gasteiger partial charge in [0.15, 0.2) is 12.9 Å². The van der Waals surface area contributed by atoms with E-state index in [2.05, 4.69) is 4.74 Å². The summed E-state index contributed by atoms with van der Waals surface area (Å²) in [5, 5.41) is 8.93. The molecule has 0 aliphatic heterocycles. The minimum Gasteiger partial charge on any atom is -0.468 e. The Labute approximate surface area is 90.4 Å². The Morgan fingerprint density at radius 1 is 1.25 bits per heavy atom. The first-order valence-electron chi connectivity index (χ1n) is 4.41. The van der Waals surface area contributed by atoms with E-state index in [1.54, 1.807) is 0 Å². The molecule has 1 atom stereocenters. The van der Waals surface area contributed by atoms with Crippen molar-refractivity contribution in [3.63, 3.8) is 0 Å². The monoisotopic (exact) mass is 236 g/mol. The molecular formula is C10H11F3O3. The van der Waals surface area contributed by atoms with Gasteiger partial charge in [-0.05, 0) is 17.7 Å². The quantitative estimate of drug-likeness (QED) is 0.815. The minimum atomic E-state index is -4.66. The number of ether oxygens (including phenoxy) is 2. The second kappa shape index (κ2) is 5.18. The lowest BCUT2D eigenvalue weighted by Gasteiger charge is -2.15. The number of hydrogen-bond donors (Lipinski definition) is 1. The zero-order valence-corrected chi connectivity index (χ0v) is 8.49. The molecule has 90 valence electrons. The summed E-state index contributed by atoms with van der Waals surface area (Å²) in [5.41, 5.74) is -0.225. The fourth-order valence-corrected chi connectivity index (χ4v) is 1.06. The third kappa shape index (κ3) is 3.39. The van der Waals surface area contributed by atoms with Crippen LogP contribution in [0.4, 0.5) is 13.2 Å². The van der Waals surface area contributed by atoms with Crippen LogP contribution in [-0.4, -0.2) is 25.2 Å². The first-order chi connectivity index (χ1) is 7.45. The van der Waals surface area contributed by atoms with Crippen molar-refractivity contribution < 1.29 is 27.8 Å². The molecule has 1 aromatic carbocycles. The average Bonchev–Trinajstić information content (AvgIpc) is 2.25. The van der Waals surface area contributed by atoms with Crippen molar-refractivity contribution >= 4 is 0 Å². The van der Waals surface area contributed by atoms with Crippen LogP contribution in [0.3, 0.4) is 0 Å². The van der Waals surface area contributed by atoms with Gasteiger partial charge in [0.25, 0.3) is 0 Å². The van der Waals surface area contributed by atoms with Crippen molar-refractivity contribution in [2.45, 2.75) is 12.3 Å². The molecule has 1 unspecified atom stereocenters. The van der Waals surface area contributed by atoms with Gasteiger partial charge in [-0.15, -0.1) is 0 Å². The van der Waals surface area contributed by atoms with Gasteiger partial charge in [-0.1, -0.05) is 12.1 Å². The topological polar surface area (TPSA) is 38.7 Å². The van der Waals surface area contributed by atoms with Crippen molar-refractivity contribution in [3.05, 3.63) is 29.8 Å². The van der Waals surface area contributed by atoms with Crippen LogP contribution >= 0.6 is 0 Å². The number of aliphatic hydroxyl groups excluding tert-OH is 1. The van der Waals surface area contributed by atoms with Crippen LogP contribution < -0.4 is 4.74 Å². The Morgan fingerprint density at radius 2 is 1.81 bits per heavy atom. The Hall–Kier alpha value is -1.27. The zero-order valence-electron chi connectivity index (χ0n) is 8.49. The van der Waals surface area contributed by atoms with E-state index in [4.69, 9.17) is 9.84 Å². The van der Waals surface area contributed by atoms with Crippen LogP contribution in [0.5, 0.6) is 5.75 Å². The predicted octanol–water partition coefficient (Wildman–Crippen LogP) is 2.27. The smallest absolute Gasteiger partial charge is 0.418 e. The number of halogens is 3. The molecule has 0 radical (unpaired) electrons. The summed E-state index contributed by atoms with van der Waals surface area (Å²) in [6.07, 6.45) is -7.13. The molecule has 0 fully saturated rings. The van der Waals surface area contributed by atoms with Crippen LogP contribution in [0.2, 0.25) is 0 Å².